The van der Waals surface area contributed by atoms with E-state index < -0.39 is 12.1 Å². The van der Waals surface area contributed by atoms with Gasteiger partial charge < -0.3 is 15.2 Å². The molecule has 1 saturated heterocycles. The van der Waals surface area contributed by atoms with Crippen molar-refractivity contribution in [3.8, 4) is 0 Å². The summed E-state index contributed by atoms with van der Waals surface area (Å²) in [6.07, 6.45) is 0.585. The molecule has 0 bridgehead atoms. The molecule has 0 amide bonds. The lowest BCUT2D eigenvalue weighted by Crippen LogP contribution is -2.25. The number of carboxylic acid groups (broad SMARTS) is 1. The van der Waals surface area contributed by atoms with Crippen LogP contribution in [0.15, 0.2) is 6.07 Å². The highest BCUT2D eigenvalue weighted by Crippen LogP contribution is 2.20. The van der Waals surface area contributed by atoms with Gasteiger partial charge in [0.05, 0.1) is 6.10 Å². The number of ether oxygens (including phenoxy) is 1. The van der Waals surface area contributed by atoms with Crippen LogP contribution in [0.3, 0.4) is 0 Å². The SMILES string of the molecule is Cc1cc(NCC2CCC(C(=O)O)O2)nc(C(C)C)n1. The van der Waals surface area contributed by atoms with Gasteiger partial charge in [-0.1, -0.05) is 13.8 Å². The summed E-state index contributed by atoms with van der Waals surface area (Å²) in [5.41, 5.74) is 0.918. The first-order chi connectivity index (χ1) is 9.45. The molecule has 2 unspecified atom stereocenters. The van der Waals surface area contributed by atoms with Crippen LogP contribution >= 0.6 is 0 Å². The van der Waals surface area contributed by atoms with E-state index in [1.54, 1.807) is 0 Å². The zero-order valence-electron chi connectivity index (χ0n) is 12.1. The summed E-state index contributed by atoms with van der Waals surface area (Å²) in [6, 6.07) is 1.88. The van der Waals surface area contributed by atoms with Crippen LogP contribution in [0.5, 0.6) is 0 Å². The highest BCUT2D eigenvalue weighted by atomic mass is 16.5. The summed E-state index contributed by atoms with van der Waals surface area (Å²) in [7, 11) is 0. The second-order valence-electron chi connectivity index (χ2n) is 5.45. The third kappa shape index (κ3) is 3.66. The first kappa shape index (κ1) is 14.7. The lowest BCUT2D eigenvalue weighted by atomic mass is 10.2. The maximum absolute atomic E-state index is 10.8. The molecule has 1 aromatic rings. The van der Waals surface area contributed by atoms with Gasteiger partial charge in [-0.25, -0.2) is 14.8 Å². The third-order valence-electron chi connectivity index (χ3n) is 3.28. The van der Waals surface area contributed by atoms with E-state index in [0.29, 0.717) is 13.0 Å². The Bertz CT molecular complexity index is 491. The predicted octanol–water partition coefficient (Wildman–Crippen LogP) is 1.95. The molecule has 1 aromatic heterocycles. The van der Waals surface area contributed by atoms with Gasteiger partial charge in [0.25, 0.3) is 0 Å². The molecule has 2 heterocycles. The van der Waals surface area contributed by atoms with E-state index in [0.717, 1.165) is 23.8 Å². The van der Waals surface area contributed by atoms with Gasteiger partial charge in [-0.15, -0.1) is 0 Å². The van der Waals surface area contributed by atoms with Gasteiger partial charge in [0.1, 0.15) is 11.6 Å². The van der Waals surface area contributed by atoms with Crippen molar-refractivity contribution in [2.45, 2.75) is 51.7 Å². The molecule has 1 aliphatic rings. The number of hydrogen-bond acceptors (Lipinski definition) is 5. The van der Waals surface area contributed by atoms with E-state index in [1.807, 2.05) is 13.0 Å². The zero-order valence-corrected chi connectivity index (χ0v) is 12.1. The maximum Gasteiger partial charge on any atom is 0.332 e. The van der Waals surface area contributed by atoms with Crippen LogP contribution in [-0.2, 0) is 9.53 Å². The van der Waals surface area contributed by atoms with E-state index in [9.17, 15) is 4.79 Å². The molecule has 0 spiro atoms. The minimum Gasteiger partial charge on any atom is -0.479 e. The Kier molecular flexibility index (Phi) is 4.54. The van der Waals surface area contributed by atoms with Crippen molar-refractivity contribution in [1.29, 1.82) is 0 Å². The molecule has 6 nitrogen and oxygen atoms in total. The van der Waals surface area contributed by atoms with Crippen molar-refractivity contribution < 1.29 is 14.6 Å². The van der Waals surface area contributed by atoms with E-state index in [4.69, 9.17) is 9.84 Å². The molecule has 2 atom stereocenters. The van der Waals surface area contributed by atoms with Crippen LogP contribution in [0.4, 0.5) is 5.82 Å². The summed E-state index contributed by atoms with van der Waals surface area (Å²) in [6.45, 7) is 6.61. The molecule has 0 saturated carbocycles. The molecule has 6 heteroatoms. The van der Waals surface area contributed by atoms with Gasteiger partial charge in [0, 0.05) is 24.2 Å². The molecular weight excluding hydrogens is 258 g/mol. The number of nitrogens with one attached hydrogen (secondary N) is 1. The largest absolute Gasteiger partial charge is 0.479 e. The number of nitrogens with zero attached hydrogens (tertiary/aromatic N) is 2. The Hall–Kier alpha value is -1.69. The smallest absolute Gasteiger partial charge is 0.332 e. The standard InChI is InChI=1S/C14H21N3O3/c1-8(2)13-16-9(3)6-12(17-13)15-7-10-4-5-11(20-10)14(18)19/h6,8,10-11H,4-5,7H2,1-3H3,(H,18,19)(H,15,16,17). The van der Waals surface area contributed by atoms with E-state index in [2.05, 4.69) is 29.1 Å². The summed E-state index contributed by atoms with van der Waals surface area (Å²) in [5, 5.41) is 12.1. The van der Waals surface area contributed by atoms with Crippen molar-refractivity contribution in [3.63, 3.8) is 0 Å². The maximum atomic E-state index is 10.8. The number of carboxylic acids is 1. The van der Waals surface area contributed by atoms with Gasteiger partial charge in [-0.2, -0.15) is 0 Å². The van der Waals surface area contributed by atoms with E-state index in [-0.39, 0.29) is 12.0 Å². The molecule has 20 heavy (non-hydrogen) atoms. The number of carbonyl (C=O) groups is 1. The van der Waals surface area contributed by atoms with Gasteiger partial charge in [-0.05, 0) is 19.8 Å². The van der Waals surface area contributed by atoms with Gasteiger partial charge in [0.2, 0.25) is 0 Å². The molecule has 0 radical (unpaired) electrons. The van der Waals surface area contributed by atoms with Crippen LogP contribution in [0, 0.1) is 6.92 Å². The highest BCUT2D eigenvalue weighted by Gasteiger charge is 2.30. The topological polar surface area (TPSA) is 84.3 Å². The molecule has 110 valence electrons. The first-order valence-corrected chi connectivity index (χ1v) is 6.93. The Morgan fingerprint density at radius 2 is 2.25 bits per heavy atom. The normalized spacial score (nSPS) is 22.2. The molecular formula is C14H21N3O3. The van der Waals surface area contributed by atoms with Crippen molar-refractivity contribution in [2.75, 3.05) is 11.9 Å². The van der Waals surface area contributed by atoms with Crippen LogP contribution in [-0.4, -0.2) is 39.8 Å². The summed E-state index contributed by atoms with van der Waals surface area (Å²) >= 11 is 0. The number of rotatable bonds is 5. The summed E-state index contributed by atoms with van der Waals surface area (Å²) < 4.78 is 5.45. The average molecular weight is 279 g/mol. The Morgan fingerprint density at radius 1 is 1.50 bits per heavy atom. The van der Waals surface area contributed by atoms with E-state index >= 15 is 0 Å². The third-order valence-corrected chi connectivity index (χ3v) is 3.28. The van der Waals surface area contributed by atoms with Gasteiger partial charge >= 0.3 is 5.97 Å². The molecule has 0 aliphatic carbocycles. The van der Waals surface area contributed by atoms with Crippen molar-refractivity contribution in [1.82, 2.24) is 9.97 Å². The predicted molar refractivity (Wildman–Crippen MR) is 74.9 cm³/mol. The summed E-state index contributed by atoms with van der Waals surface area (Å²) in [5.74, 6) is 0.967. The highest BCUT2D eigenvalue weighted by molar-refractivity contribution is 5.72. The Morgan fingerprint density at radius 3 is 2.85 bits per heavy atom. The van der Waals surface area contributed by atoms with Crippen molar-refractivity contribution >= 4 is 11.8 Å². The fourth-order valence-corrected chi connectivity index (χ4v) is 2.20. The number of aliphatic carboxylic acids is 1. The van der Waals surface area contributed by atoms with Gasteiger partial charge in [-0.3, -0.25) is 0 Å². The minimum absolute atomic E-state index is 0.0751. The number of hydrogen-bond donors (Lipinski definition) is 2. The van der Waals surface area contributed by atoms with Crippen molar-refractivity contribution in [3.05, 3.63) is 17.6 Å². The van der Waals surface area contributed by atoms with E-state index in [1.165, 1.54) is 0 Å². The molecule has 2 rings (SSSR count). The molecule has 1 fully saturated rings. The quantitative estimate of drug-likeness (QED) is 0.857. The Labute approximate surface area is 118 Å². The second kappa shape index (κ2) is 6.17. The average Bonchev–Trinajstić information content (AvgIpc) is 2.84. The molecule has 0 aromatic carbocycles. The van der Waals surface area contributed by atoms with Crippen LogP contribution in [0.25, 0.3) is 0 Å². The second-order valence-corrected chi connectivity index (χ2v) is 5.45. The fourth-order valence-electron chi connectivity index (χ4n) is 2.20. The van der Waals surface area contributed by atoms with Crippen molar-refractivity contribution in [2.24, 2.45) is 0 Å². The van der Waals surface area contributed by atoms with Gasteiger partial charge in [0.15, 0.2) is 6.10 Å². The number of aryl methyl sites for hydroxylation is 1. The molecule has 1 aliphatic heterocycles. The lowest BCUT2D eigenvalue weighted by Gasteiger charge is -2.14. The molecule has 2 N–H and O–H groups in total. The number of aromatic nitrogens is 2. The fraction of sp³-hybridized carbons (Fsp3) is 0.643. The minimum atomic E-state index is -0.882. The lowest BCUT2D eigenvalue weighted by molar-refractivity contribution is -0.149. The van der Waals surface area contributed by atoms with Crippen LogP contribution in [0.1, 0.15) is 44.1 Å². The van der Waals surface area contributed by atoms with Crippen LogP contribution in [0.2, 0.25) is 0 Å². The Balaban J connectivity index is 1.93. The monoisotopic (exact) mass is 279 g/mol. The summed E-state index contributed by atoms with van der Waals surface area (Å²) in [4.78, 5) is 19.7. The van der Waals surface area contributed by atoms with Crippen LogP contribution < -0.4 is 5.32 Å². The first-order valence-electron chi connectivity index (χ1n) is 6.93. The zero-order chi connectivity index (χ0) is 14.7. The number of anilines is 1.